The van der Waals surface area contributed by atoms with Crippen molar-refractivity contribution >= 4 is 17.6 Å². The van der Waals surface area contributed by atoms with Crippen molar-refractivity contribution in [2.45, 2.75) is 13.5 Å². The Hall–Kier alpha value is -3.26. The van der Waals surface area contributed by atoms with E-state index in [9.17, 15) is 4.79 Å². The zero-order valence-electron chi connectivity index (χ0n) is 14.5. The maximum Gasteiger partial charge on any atom is 0.243 e. The number of aryl methyl sites for hydroxylation is 1. The molecule has 0 saturated carbocycles. The van der Waals surface area contributed by atoms with E-state index in [2.05, 4.69) is 45.9 Å². The Kier molecular flexibility index (Phi) is 6.61. The Bertz CT molecular complexity index is 805. The average Bonchev–Trinajstić information content (AvgIpc) is 2.63. The van der Waals surface area contributed by atoms with Gasteiger partial charge in [-0.1, -0.05) is 36.3 Å². The fraction of sp³-hybridized carbons (Fsp3) is 0.200. The number of anilines is 1. The fourth-order valence-corrected chi connectivity index (χ4v) is 2.26. The van der Waals surface area contributed by atoms with Crippen LogP contribution in [0.3, 0.4) is 0 Å². The molecule has 0 atom stereocenters. The fourth-order valence-electron chi connectivity index (χ4n) is 2.26. The first-order valence-electron chi connectivity index (χ1n) is 7.98. The van der Waals surface area contributed by atoms with Crippen molar-refractivity contribution in [3.05, 3.63) is 65.2 Å². The van der Waals surface area contributed by atoms with E-state index < -0.39 is 0 Å². The van der Waals surface area contributed by atoms with E-state index in [1.807, 2.05) is 18.2 Å². The molecule has 0 unspecified atom stereocenters. The molecule has 0 radical (unpaired) electrons. The second kappa shape index (κ2) is 9.14. The first kappa shape index (κ1) is 18.1. The van der Waals surface area contributed by atoms with Crippen LogP contribution in [0.5, 0.6) is 0 Å². The highest BCUT2D eigenvalue weighted by atomic mass is 16.1. The summed E-state index contributed by atoms with van der Waals surface area (Å²) in [5, 5.41) is 8.99. The van der Waals surface area contributed by atoms with Crippen molar-refractivity contribution in [2.24, 2.45) is 4.99 Å². The summed E-state index contributed by atoms with van der Waals surface area (Å²) in [5.74, 6) is 2.93. The smallest absolute Gasteiger partial charge is 0.243 e. The molecule has 5 heteroatoms. The highest BCUT2D eigenvalue weighted by molar-refractivity contribution is 5.95. The molecule has 0 bridgehead atoms. The maximum absolute atomic E-state index is 12.1. The highest BCUT2D eigenvalue weighted by Crippen LogP contribution is 2.09. The lowest BCUT2D eigenvalue weighted by atomic mass is 10.1. The molecular weight excluding hydrogens is 312 g/mol. The standard InChI is InChI=1S/C20H22N4O/c1-4-16-9-7-11-18(12-16)24-19(25)14-23-20(21-3)22-13-17-10-6-5-8-15(17)2/h1,5-12H,13-14H2,2-3H3,(H,24,25)(H2,21,22,23). The SMILES string of the molecule is C#Cc1cccc(NC(=O)CNC(=NC)NCc2ccccc2C)c1. The minimum absolute atomic E-state index is 0.105. The molecule has 0 aromatic heterocycles. The van der Waals surface area contributed by atoms with Crippen molar-refractivity contribution in [3.8, 4) is 12.3 Å². The monoisotopic (exact) mass is 334 g/mol. The van der Waals surface area contributed by atoms with Gasteiger partial charge in [0.15, 0.2) is 5.96 Å². The third-order valence-electron chi connectivity index (χ3n) is 3.66. The van der Waals surface area contributed by atoms with E-state index in [4.69, 9.17) is 6.42 Å². The quantitative estimate of drug-likeness (QED) is 0.446. The molecule has 2 rings (SSSR count). The number of nitrogens with zero attached hydrogens (tertiary/aromatic N) is 1. The summed E-state index contributed by atoms with van der Waals surface area (Å²) < 4.78 is 0. The van der Waals surface area contributed by atoms with Gasteiger partial charge in [-0.05, 0) is 36.2 Å². The van der Waals surface area contributed by atoms with E-state index in [-0.39, 0.29) is 12.5 Å². The summed E-state index contributed by atoms with van der Waals surface area (Å²) in [6, 6.07) is 15.3. The zero-order chi connectivity index (χ0) is 18.1. The Morgan fingerprint density at radius 2 is 1.96 bits per heavy atom. The summed E-state index contributed by atoms with van der Waals surface area (Å²) in [6.45, 7) is 2.80. The van der Waals surface area contributed by atoms with Crippen LogP contribution in [0, 0.1) is 19.3 Å². The lowest BCUT2D eigenvalue weighted by Gasteiger charge is -2.13. The Morgan fingerprint density at radius 1 is 1.16 bits per heavy atom. The Morgan fingerprint density at radius 3 is 2.68 bits per heavy atom. The van der Waals surface area contributed by atoms with Crippen molar-refractivity contribution < 1.29 is 4.79 Å². The van der Waals surface area contributed by atoms with Crippen LogP contribution in [-0.2, 0) is 11.3 Å². The number of aliphatic imine (C=N–C) groups is 1. The molecule has 0 aliphatic carbocycles. The normalized spacial score (nSPS) is 10.7. The molecule has 2 aromatic rings. The van der Waals surface area contributed by atoms with E-state index in [0.717, 1.165) is 5.56 Å². The number of carbonyl (C=O) groups is 1. The van der Waals surface area contributed by atoms with Gasteiger partial charge in [-0.3, -0.25) is 9.79 Å². The lowest BCUT2D eigenvalue weighted by Crippen LogP contribution is -2.41. The van der Waals surface area contributed by atoms with Crippen molar-refractivity contribution in [2.75, 3.05) is 18.9 Å². The summed E-state index contributed by atoms with van der Waals surface area (Å²) in [5.41, 5.74) is 3.78. The molecule has 2 aromatic carbocycles. The Labute approximate surface area is 148 Å². The van der Waals surface area contributed by atoms with Gasteiger partial charge in [0.1, 0.15) is 0 Å². The predicted molar refractivity (Wildman–Crippen MR) is 102 cm³/mol. The molecule has 0 saturated heterocycles. The van der Waals surface area contributed by atoms with Gasteiger partial charge in [0.2, 0.25) is 5.91 Å². The number of terminal acetylenes is 1. The largest absolute Gasteiger partial charge is 0.352 e. The van der Waals surface area contributed by atoms with Gasteiger partial charge in [0, 0.05) is 24.8 Å². The van der Waals surface area contributed by atoms with Gasteiger partial charge in [-0.2, -0.15) is 0 Å². The summed E-state index contributed by atoms with van der Waals surface area (Å²) in [7, 11) is 1.67. The molecular formula is C20H22N4O. The van der Waals surface area contributed by atoms with Gasteiger partial charge in [-0.25, -0.2) is 0 Å². The molecule has 0 spiro atoms. The third-order valence-corrected chi connectivity index (χ3v) is 3.66. The summed E-state index contributed by atoms with van der Waals surface area (Å²) in [6.07, 6.45) is 5.36. The lowest BCUT2D eigenvalue weighted by molar-refractivity contribution is -0.115. The predicted octanol–water partition coefficient (Wildman–Crippen LogP) is 2.28. The van der Waals surface area contributed by atoms with Crippen LogP contribution in [0.1, 0.15) is 16.7 Å². The van der Waals surface area contributed by atoms with Gasteiger partial charge < -0.3 is 16.0 Å². The van der Waals surface area contributed by atoms with E-state index in [1.165, 1.54) is 11.1 Å². The number of guanidine groups is 1. The van der Waals surface area contributed by atoms with Crippen LogP contribution in [0.15, 0.2) is 53.5 Å². The van der Waals surface area contributed by atoms with E-state index in [1.54, 1.807) is 25.2 Å². The van der Waals surface area contributed by atoms with Gasteiger partial charge in [0.25, 0.3) is 0 Å². The number of benzene rings is 2. The summed E-state index contributed by atoms with van der Waals surface area (Å²) >= 11 is 0. The zero-order valence-corrected chi connectivity index (χ0v) is 14.5. The third kappa shape index (κ3) is 5.70. The number of hydrogen-bond acceptors (Lipinski definition) is 2. The van der Waals surface area contributed by atoms with Crippen LogP contribution in [0.2, 0.25) is 0 Å². The molecule has 128 valence electrons. The topological polar surface area (TPSA) is 65.5 Å². The molecule has 0 aliphatic rings. The second-order valence-electron chi connectivity index (χ2n) is 5.48. The molecule has 3 N–H and O–H groups in total. The molecule has 0 aliphatic heterocycles. The van der Waals surface area contributed by atoms with Crippen LogP contribution in [-0.4, -0.2) is 25.5 Å². The van der Waals surface area contributed by atoms with Crippen molar-refractivity contribution in [1.82, 2.24) is 10.6 Å². The van der Waals surface area contributed by atoms with Crippen molar-refractivity contribution in [3.63, 3.8) is 0 Å². The molecule has 0 heterocycles. The number of amides is 1. The van der Waals surface area contributed by atoms with Gasteiger partial charge in [0.05, 0.1) is 6.54 Å². The first-order chi connectivity index (χ1) is 12.1. The minimum atomic E-state index is -0.173. The van der Waals surface area contributed by atoms with E-state index in [0.29, 0.717) is 18.2 Å². The minimum Gasteiger partial charge on any atom is -0.352 e. The number of hydrogen-bond donors (Lipinski definition) is 3. The Balaban J connectivity index is 1.83. The molecule has 25 heavy (non-hydrogen) atoms. The van der Waals surface area contributed by atoms with Gasteiger partial charge in [-0.15, -0.1) is 6.42 Å². The summed E-state index contributed by atoms with van der Waals surface area (Å²) in [4.78, 5) is 16.2. The van der Waals surface area contributed by atoms with E-state index >= 15 is 0 Å². The molecule has 5 nitrogen and oxygen atoms in total. The number of carbonyl (C=O) groups excluding carboxylic acids is 1. The number of nitrogens with one attached hydrogen (secondary N) is 3. The number of rotatable bonds is 5. The van der Waals surface area contributed by atoms with Gasteiger partial charge >= 0.3 is 0 Å². The highest BCUT2D eigenvalue weighted by Gasteiger charge is 2.05. The average molecular weight is 334 g/mol. The van der Waals surface area contributed by atoms with Crippen molar-refractivity contribution in [1.29, 1.82) is 0 Å². The van der Waals surface area contributed by atoms with Crippen LogP contribution < -0.4 is 16.0 Å². The maximum atomic E-state index is 12.1. The second-order valence-corrected chi connectivity index (χ2v) is 5.48. The van der Waals surface area contributed by atoms with Crippen LogP contribution in [0.4, 0.5) is 5.69 Å². The molecule has 0 fully saturated rings. The first-order valence-corrected chi connectivity index (χ1v) is 7.98. The van der Waals surface area contributed by atoms with Crippen LogP contribution >= 0.6 is 0 Å². The van der Waals surface area contributed by atoms with Crippen LogP contribution in [0.25, 0.3) is 0 Å². The molecule has 1 amide bonds.